The molecule has 6 nitrogen and oxygen atoms in total. The molecule has 0 unspecified atom stereocenters. The van der Waals surface area contributed by atoms with Gasteiger partial charge < -0.3 is 4.74 Å². The van der Waals surface area contributed by atoms with E-state index in [-0.39, 0.29) is 12.3 Å². The van der Waals surface area contributed by atoms with Crippen molar-refractivity contribution in [1.82, 2.24) is 4.98 Å². The van der Waals surface area contributed by atoms with Gasteiger partial charge in [-0.25, -0.2) is 4.98 Å². The van der Waals surface area contributed by atoms with E-state index in [0.717, 1.165) is 10.8 Å². The van der Waals surface area contributed by atoms with Crippen molar-refractivity contribution in [3.63, 3.8) is 0 Å². The predicted octanol–water partition coefficient (Wildman–Crippen LogP) is 2.04. The Labute approximate surface area is 106 Å². The van der Waals surface area contributed by atoms with Crippen LogP contribution in [0.4, 0.5) is 10.5 Å². The van der Waals surface area contributed by atoms with Crippen LogP contribution < -0.4 is 0 Å². The van der Waals surface area contributed by atoms with Crippen molar-refractivity contribution in [2.75, 3.05) is 12.4 Å². The Morgan fingerprint density at radius 2 is 2.41 bits per heavy atom. The Bertz CT molecular complexity index is 418. The first-order chi connectivity index (χ1) is 8.11. The highest BCUT2D eigenvalue weighted by Gasteiger charge is 2.14. The Balaban J connectivity index is 2.41. The van der Waals surface area contributed by atoms with Crippen LogP contribution >= 0.6 is 21.6 Å². The highest BCUT2D eigenvalue weighted by molar-refractivity contribution is 8.76. The predicted molar refractivity (Wildman–Crippen MR) is 66.3 cm³/mol. The Morgan fingerprint density at radius 1 is 1.65 bits per heavy atom. The number of carbonyl (C=O) groups is 1. The number of aromatic nitrogens is 1. The fourth-order valence-electron chi connectivity index (χ4n) is 0.859. The van der Waals surface area contributed by atoms with E-state index in [0.29, 0.717) is 10.8 Å². The van der Waals surface area contributed by atoms with Crippen molar-refractivity contribution < 1.29 is 14.5 Å². The molecule has 9 heteroatoms. The minimum absolute atomic E-state index is 0.0409. The summed E-state index contributed by atoms with van der Waals surface area (Å²) >= 11 is 0. The van der Waals surface area contributed by atoms with E-state index in [4.69, 9.17) is 7.85 Å². The number of carbonyl (C=O) groups excluding carboxylic acids is 1. The summed E-state index contributed by atoms with van der Waals surface area (Å²) in [6.07, 6.45) is 1.48. The van der Waals surface area contributed by atoms with Crippen LogP contribution in [0.5, 0.6) is 0 Å². The second kappa shape index (κ2) is 7.18. The molecule has 1 heterocycles. The number of ether oxygens (including phenoxy) is 1. The van der Waals surface area contributed by atoms with E-state index >= 15 is 0 Å². The third kappa shape index (κ3) is 5.09. The average Bonchev–Trinajstić information content (AvgIpc) is 2.28. The van der Waals surface area contributed by atoms with Gasteiger partial charge in [-0.05, 0) is 16.9 Å². The van der Waals surface area contributed by atoms with Crippen LogP contribution in [0.15, 0.2) is 23.4 Å². The van der Waals surface area contributed by atoms with Gasteiger partial charge in [-0.2, -0.15) is 0 Å². The first-order valence-electron chi connectivity index (χ1n) is 4.42. The summed E-state index contributed by atoms with van der Waals surface area (Å²) in [7, 11) is 7.23. The zero-order valence-electron chi connectivity index (χ0n) is 8.57. The molecular weight excluding hydrogens is 263 g/mol. The molecule has 17 heavy (non-hydrogen) atoms. The molecule has 2 radical (unpaired) electrons. The number of rotatable bonds is 6. The summed E-state index contributed by atoms with van der Waals surface area (Å²) in [5.41, 5.74) is -0.0409. The lowest BCUT2D eigenvalue weighted by atomic mass is 10.2. The monoisotopic (exact) mass is 270 g/mol. The molecule has 0 saturated heterocycles. The fourth-order valence-corrected chi connectivity index (χ4v) is 2.71. The van der Waals surface area contributed by atoms with Gasteiger partial charge in [0.2, 0.25) is 13.7 Å². The number of hydrogen-bond acceptors (Lipinski definition) is 7. The standard InChI is InChI=1S/C8H7BN2O4S2/c9-8(12)15-4-5-16-17-7-6(11(13)14)2-1-3-10-7/h1-3H,4-5H2. The number of pyridine rings is 1. The van der Waals surface area contributed by atoms with Crippen LogP contribution in [-0.2, 0) is 4.74 Å². The smallest absolute Gasteiger partial charge is 0.302 e. The molecule has 0 bridgehead atoms. The minimum atomic E-state index is -0.834. The van der Waals surface area contributed by atoms with Crippen LogP contribution in [0.2, 0.25) is 0 Å². The summed E-state index contributed by atoms with van der Waals surface area (Å²) < 4.78 is 4.51. The van der Waals surface area contributed by atoms with Crippen LogP contribution in [-0.4, -0.2) is 36.0 Å². The number of nitro groups is 1. The lowest BCUT2D eigenvalue weighted by Crippen LogP contribution is -2.03. The Kier molecular flexibility index (Phi) is 5.85. The van der Waals surface area contributed by atoms with Gasteiger partial charge in [-0.15, -0.1) is 0 Å². The van der Waals surface area contributed by atoms with Crippen LogP contribution in [0.1, 0.15) is 0 Å². The molecule has 88 valence electrons. The van der Waals surface area contributed by atoms with Gasteiger partial charge >= 0.3 is 5.69 Å². The zero-order valence-corrected chi connectivity index (χ0v) is 10.2. The highest BCUT2D eigenvalue weighted by Crippen LogP contribution is 2.34. The molecule has 0 aliphatic rings. The van der Waals surface area contributed by atoms with Crippen LogP contribution in [0.25, 0.3) is 0 Å². The number of nitrogens with zero attached hydrogens (tertiary/aromatic N) is 2. The van der Waals surface area contributed by atoms with Gasteiger partial charge in [0.1, 0.15) is 6.61 Å². The lowest BCUT2D eigenvalue weighted by Gasteiger charge is -2.02. The Hall–Kier alpha value is -1.22. The van der Waals surface area contributed by atoms with Crippen molar-refractivity contribution in [3.05, 3.63) is 28.4 Å². The van der Waals surface area contributed by atoms with Gasteiger partial charge in [0.15, 0.2) is 5.03 Å². The van der Waals surface area contributed by atoms with Gasteiger partial charge in [0.05, 0.1) is 4.92 Å². The normalized spacial score (nSPS) is 9.88. The third-order valence-electron chi connectivity index (χ3n) is 1.50. The van der Waals surface area contributed by atoms with E-state index < -0.39 is 10.8 Å². The van der Waals surface area contributed by atoms with E-state index in [1.54, 1.807) is 0 Å². The molecule has 0 aliphatic heterocycles. The maximum absolute atomic E-state index is 10.7. The van der Waals surface area contributed by atoms with E-state index in [1.165, 1.54) is 29.1 Å². The maximum atomic E-state index is 10.7. The van der Waals surface area contributed by atoms with Crippen molar-refractivity contribution in [2.24, 2.45) is 0 Å². The molecule has 1 aromatic rings. The summed E-state index contributed by atoms with van der Waals surface area (Å²) in [5.74, 6) is -0.360. The SMILES string of the molecule is [B]C(=O)OCCSSc1ncccc1[N+](=O)[O-]. The lowest BCUT2D eigenvalue weighted by molar-refractivity contribution is -0.388. The second-order valence-corrected chi connectivity index (χ2v) is 5.06. The largest absolute Gasteiger partial charge is 0.474 e. The molecule has 1 aromatic heterocycles. The molecular formula is C8H7BN2O4S2. The van der Waals surface area contributed by atoms with Crippen molar-refractivity contribution in [3.8, 4) is 0 Å². The minimum Gasteiger partial charge on any atom is -0.474 e. The maximum Gasteiger partial charge on any atom is 0.302 e. The van der Waals surface area contributed by atoms with Gasteiger partial charge in [-0.1, -0.05) is 10.8 Å². The summed E-state index contributed by atoms with van der Waals surface area (Å²) in [6, 6.07) is 2.89. The fraction of sp³-hybridized carbons (Fsp3) is 0.250. The van der Waals surface area contributed by atoms with Crippen molar-refractivity contribution >= 4 is 41.0 Å². The number of hydrogen-bond donors (Lipinski definition) is 0. The molecule has 0 amide bonds. The summed E-state index contributed by atoms with van der Waals surface area (Å²) in [6.45, 7) is 0.160. The van der Waals surface area contributed by atoms with Gasteiger partial charge in [-0.3, -0.25) is 14.9 Å². The van der Waals surface area contributed by atoms with Crippen molar-refractivity contribution in [1.29, 1.82) is 0 Å². The van der Waals surface area contributed by atoms with Gasteiger partial charge in [0.25, 0.3) is 0 Å². The van der Waals surface area contributed by atoms with Crippen LogP contribution in [0.3, 0.4) is 0 Å². The van der Waals surface area contributed by atoms with E-state index in [1.807, 2.05) is 0 Å². The average molecular weight is 270 g/mol. The molecule has 0 spiro atoms. The summed E-state index contributed by atoms with van der Waals surface area (Å²) in [4.78, 5) is 24.3. The molecule has 0 aliphatic carbocycles. The summed E-state index contributed by atoms with van der Waals surface area (Å²) in [5, 5.41) is 11.0. The quantitative estimate of drug-likeness (QED) is 0.257. The van der Waals surface area contributed by atoms with E-state index in [2.05, 4.69) is 9.72 Å². The zero-order chi connectivity index (χ0) is 12.7. The molecule has 0 aromatic carbocycles. The molecule has 0 fully saturated rings. The molecule has 0 N–H and O–H groups in total. The molecule has 0 atom stereocenters. The molecule has 1 rings (SSSR count). The first kappa shape index (κ1) is 13.8. The Morgan fingerprint density at radius 3 is 3.06 bits per heavy atom. The molecule has 0 saturated carbocycles. The topological polar surface area (TPSA) is 82.3 Å². The van der Waals surface area contributed by atoms with Gasteiger partial charge in [0, 0.05) is 18.0 Å². The van der Waals surface area contributed by atoms with Crippen molar-refractivity contribution in [2.45, 2.75) is 5.03 Å². The van der Waals surface area contributed by atoms with Crippen LogP contribution in [0, 0.1) is 10.1 Å². The third-order valence-corrected chi connectivity index (χ3v) is 3.75. The first-order valence-corrected chi connectivity index (χ1v) is 6.74. The second-order valence-electron chi connectivity index (χ2n) is 2.66. The van der Waals surface area contributed by atoms with E-state index in [9.17, 15) is 14.9 Å². The highest BCUT2D eigenvalue weighted by atomic mass is 33.1.